The number of aromatic nitrogens is 5. The highest BCUT2D eigenvalue weighted by Gasteiger charge is 2.10. The van der Waals surface area contributed by atoms with Crippen LogP contribution in [0.1, 0.15) is 23.9 Å². The van der Waals surface area contributed by atoms with Gasteiger partial charge in [-0.05, 0) is 13.8 Å². The summed E-state index contributed by atoms with van der Waals surface area (Å²) in [6, 6.07) is 0. The topological polar surface area (TPSA) is 118 Å². The predicted octanol–water partition coefficient (Wildman–Crippen LogP) is -0.107. The maximum Gasteiger partial charge on any atom is 0.242 e. The highest BCUT2D eigenvalue weighted by atomic mass is 16.2. The Balaban J connectivity index is 1.87. The molecule has 2 aromatic heterocycles. The molecular weight excluding hydrogens is 274 g/mol. The molecule has 0 atom stereocenters. The van der Waals surface area contributed by atoms with Crippen molar-refractivity contribution >= 4 is 17.6 Å². The monoisotopic (exact) mass is 291 g/mol. The lowest BCUT2D eigenvalue weighted by Gasteiger charge is -2.05. The normalized spacial score (nSPS) is 10.4. The van der Waals surface area contributed by atoms with Gasteiger partial charge in [0.25, 0.3) is 0 Å². The molecule has 0 saturated carbocycles. The lowest BCUT2D eigenvalue weighted by molar-refractivity contribution is -0.122. The van der Waals surface area contributed by atoms with Gasteiger partial charge in [-0.2, -0.15) is 5.10 Å². The van der Waals surface area contributed by atoms with E-state index >= 15 is 0 Å². The van der Waals surface area contributed by atoms with Crippen LogP contribution in [0.15, 0.2) is 6.20 Å². The van der Waals surface area contributed by atoms with E-state index in [1.54, 1.807) is 0 Å². The van der Waals surface area contributed by atoms with E-state index < -0.39 is 0 Å². The summed E-state index contributed by atoms with van der Waals surface area (Å²) in [5.41, 5.74) is 2.77. The van der Waals surface area contributed by atoms with Crippen molar-refractivity contribution in [2.24, 2.45) is 0 Å². The number of hydrogen-bond acceptors (Lipinski definition) is 5. The Bertz CT molecular complexity index is 639. The number of hydrogen-bond donors (Lipinski definition) is 3. The van der Waals surface area contributed by atoms with E-state index in [0.29, 0.717) is 12.4 Å². The molecule has 0 spiro atoms. The average Bonchev–Trinajstić information content (AvgIpc) is 2.95. The maximum absolute atomic E-state index is 11.8. The number of amides is 2. The molecule has 0 aliphatic heterocycles. The number of aryl methyl sites for hydroxylation is 2. The number of nitrogens with one attached hydrogen (secondary N) is 3. The van der Waals surface area contributed by atoms with E-state index in [9.17, 15) is 9.59 Å². The van der Waals surface area contributed by atoms with Gasteiger partial charge in [-0.3, -0.25) is 14.7 Å². The predicted molar refractivity (Wildman–Crippen MR) is 74.2 cm³/mol. The second kappa shape index (κ2) is 6.16. The zero-order valence-corrected chi connectivity index (χ0v) is 12.1. The van der Waals surface area contributed by atoms with Crippen molar-refractivity contribution in [3.05, 3.63) is 23.1 Å². The molecule has 0 aliphatic rings. The number of rotatable bonds is 5. The van der Waals surface area contributed by atoms with Gasteiger partial charge in [-0.25, -0.2) is 4.68 Å². The number of anilines is 1. The lowest BCUT2D eigenvalue weighted by atomic mass is 10.2. The third-order valence-electron chi connectivity index (χ3n) is 2.89. The molecule has 0 saturated heterocycles. The first kappa shape index (κ1) is 14.7. The minimum absolute atomic E-state index is 0.0303. The zero-order chi connectivity index (χ0) is 15.4. The molecule has 21 heavy (non-hydrogen) atoms. The summed E-state index contributed by atoms with van der Waals surface area (Å²) < 4.78 is 1.36. The van der Waals surface area contributed by atoms with Gasteiger partial charge in [0.2, 0.25) is 11.8 Å². The van der Waals surface area contributed by atoms with Gasteiger partial charge in [0, 0.05) is 24.7 Å². The van der Waals surface area contributed by atoms with Gasteiger partial charge in [0.05, 0.1) is 11.9 Å². The Kier molecular flexibility index (Phi) is 4.31. The van der Waals surface area contributed by atoms with Crippen molar-refractivity contribution in [1.82, 2.24) is 30.5 Å². The third kappa shape index (κ3) is 3.88. The van der Waals surface area contributed by atoms with E-state index in [1.165, 1.54) is 17.8 Å². The lowest BCUT2D eigenvalue weighted by Crippen LogP contribution is -2.27. The average molecular weight is 291 g/mol. The summed E-state index contributed by atoms with van der Waals surface area (Å²) in [5.74, 6) is -0.122. The number of H-pyrrole nitrogens is 1. The molecule has 0 aliphatic carbocycles. The largest absolute Gasteiger partial charge is 0.350 e. The van der Waals surface area contributed by atoms with Gasteiger partial charge in [0.1, 0.15) is 6.54 Å². The van der Waals surface area contributed by atoms with E-state index in [0.717, 1.165) is 17.0 Å². The Morgan fingerprint density at radius 3 is 2.76 bits per heavy atom. The van der Waals surface area contributed by atoms with E-state index in [1.807, 2.05) is 13.8 Å². The van der Waals surface area contributed by atoms with Gasteiger partial charge in [0.15, 0.2) is 5.82 Å². The molecule has 9 nitrogen and oxygen atoms in total. The Morgan fingerprint density at radius 1 is 1.38 bits per heavy atom. The summed E-state index contributed by atoms with van der Waals surface area (Å²) in [6.07, 6.45) is 1.50. The highest BCUT2D eigenvalue weighted by Crippen LogP contribution is 2.08. The van der Waals surface area contributed by atoms with Crippen LogP contribution in [0.25, 0.3) is 0 Å². The molecule has 0 unspecified atom stereocenters. The molecule has 2 rings (SSSR count). The fourth-order valence-corrected chi connectivity index (χ4v) is 1.84. The van der Waals surface area contributed by atoms with Crippen molar-refractivity contribution in [2.45, 2.75) is 33.9 Å². The van der Waals surface area contributed by atoms with Crippen molar-refractivity contribution in [1.29, 1.82) is 0 Å². The quantitative estimate of drug-likeness (QED) is 0.710. The number of nitrogens with zero attached hydrogens (tertiary/aromatic N) is 4. The number of aromatic amines is 1. The molecule has 3 N–H and O–H groups in total. The van der Waals surface area contributed by atoms with E-state index in [-0.39, 0.29) is 18.4 Å². The molecule has 0 fully saturated rings. The zero-order valence-electron chi connectivity index (χ0n) is 12.1. The van der Waals surface area contributed by atoms with Crippen LogP contribution >= 0.6 is 0 Å². The van der Waals surface area contributed by atoms with Crippen molar-refractivity contribution in [3.8, 4) is 0 Å². The summed E-state index contributed by atoms with van der Waals surface area (Å²) >= 11 is 0. The van der Waals surface area contributed by atoms with Crippen LogP contribution in [0.5, 0.6) is 0 Å². The van der Waals surface area contributed by atoms with Crippen LogP contribution in [0.3, 0.4) is 0 Å². The second-order valence-corrected chi connectivity index (χ2v) is 4.67. The Morgan fingerprint density at radius 2 is 2.14 bits per heavy atom. The summed E-state index contributed by atoms with van der Waals surface area (Å²) in [4.78, 5) is 22.7. The second-order valence-electron chi connectivity index (χ2n) is 4.67. The van der Waals surface area contributed by atoms with Crippen molar-refractivity contribution in [3.63, 3.8) is 0 Å². The number of carbonyl (C=O) groups excluding carboxylic acids is 2. The number of carbonyl (C=O) groups is 2. The van der Waals surface area contributed by atoms with Crippen molar-refractivity contribution < 1.29 is 9.59 Å². The standard InChI is InChI=1S/C12H17N7O2/c1-7-10(8(2)16-15-7)4-13-12(21)6-19-5-11(17-18-19)14-9(3)20/h5H,4,6H2,1-3H3,(H,13,21)(H,14,20)(H,15,16). The van der Waals surface area contributed by atoms with Crippen molar-refractivity contribution in [2.75, 3.05) is 5.32 Å². The first-order chi connectivity index (χ1) is 9.95. The molecule has 2 aromatic rings. The molecular formula is C12H17N7O2. The minimum atomic E-state index is -0.239. The smallest absolute Gasteiger partial charge is 0.242 e. The van der Waals surface area contributed by atoms with Gasteiger partial charge < -0.3 is 10.6 Å². The SMILES string of the molecule is CC(=O)Nc1cn(CC(=O)NCc2c(C)n[nH]c2C)nn1. The van der Waals surface area contributed by atoms with Crippen LogP contribution in [0.2, 0.25) is 0 Å². The Labute approximate surface area is 121 Å². The van der Waals surface area contributed by atoms with Crippen LogP contribution < -0.4 is 10.6 Å². The molecule has 2 amide bonds. The van der Waals surface area contributed by atoms with Crippen LogP contribution in [-0.2, 0) is 22.7 Å². The highest BCUT2D eigenvalue weighted by molar-refractivity contribution is 5.87. The van der Waals surface area contributed by atoms with Gasteiger partial charge in [-0.15, -0.1) is 5.10 Å². The van der Waals surface area contributed by atoms with Gasteiger partial charge >= 0.3 is 0 Å². The molecule has 112 valence electrons. The van der Waals surface area contributed by atoms with Crippen LogP contribution in [0.4, 0.5) is 5.82 Å². The first-order valence-electron chi connectivity index (χ1n) is 6.40. The maximum atomic E-state index is 11.8. The first-order valence-corrected chi connectivity index (χ1v) is 6.40. The molecule has 0 radical (unpaired) electrons. The molecule has 0 bridgehead atoms. The summed E-state index contributed by atoms with van der Waals surface area (Å²) in [7, 11) is 0. The fraction of sp³-hybridized carbons (Fsp3) is 0.417. The molecule has 2 heterocycles. The molecule has 0 aromatic carbocycles. The fourth-order valence-electron chi connectivity index (χ4n) is 1.84. The summed E-state index contributed by atoms with van der Waals surface area (Å²) in [6.45, 7) is 5.59. The Hall–Kier alpha value is -2.71. The van der Waals surface area contributed by atoms with Crippen LogP contribution in [-0.4, -0.2) is 37.0 Å². The minimum Gasteiger partial charge on any atom is -0.350 e. The third-order valence-corrected chi connectivity index (χ3v) is 2.89. The molecule has 9 heteroatoms. The summed E-state index contributed by atoms with van der Waals surface area (Å²) in [5, 5.41) is 19.7. The van der Waals surface area contributed by atoms with E-state index in [2.05, 4.69) is 31.1 Å². The van der Waals surface area contributed by atoms with Gasteiger partial charge in [-0.1, -0.05) is 5.21 Å². The van der Waals surface area contributed by atoms with E-state index in [4.69, 9.17) is 0 Å². The van der Waals surface area contributed by atoms with Crippen LogP contribution in [0, 0.1) is 13.8 Å².